The fourth-order valence-corrected chi connectivity index (χ4v) is 2.53. The third kappa shape index (κ3) is 3.24. The second-order valence-corrected chi connectivity index (χ2v) is 5.27. The molecule has 7 heteroatoms. The van der Waals surface area contributed by atoms with Crippen LogP contribution in [0.2, 0.25) is 0 Å². The number of aromatic nitrogens is 4. The van der Waals surface area contributed by atoms with Crippen LogP contribution < -0.4 is 11.4 Å². The molecule has 0 aliphatic heterocycles. The van der Waals surface area contributed by atoms with Crippen molar-refractivity contribution in [3.63, 3.8) is 0 Å². The van der Waals surface area contributed by atoms with E-state index >= 15 is 0 Å². The molecule has 2 heterocycles. The number of pyridine rings is 1. The second kappa shape index (κ2) is 6.03. The van der Waals surface area contributed by atoms with Crippen molar-refractivity contribution in [2.24, 2.45) is 5.73 Å². The molecule has 1 unspecified atom stereocenters. The maximum absolute atomic E-state index is 11.6. The summed E-state index contributed by atoms with van der Waals surface area (Å²) in [4.78, 5) is 15.9. The van der Waals surface area contributed by atoms with Gasteiger partial charge in [-0.05, 0) is 42.8 Å². The summed E-state index contributed by atoms with van der Waals surface area (Å²) in [6.07, 6.45) is 2.59. The number of H-pyrrole nitrogens is 1. The summed E-state index contributed by atoms with van der Waals surface area (Å²) in [6.45, 7) is 4.58. The zero-order chi connectivity index (χ0) is 13.8. The SMILES string of the molecule is CCCn1c(Sc2cc(C(C)N)ccn2)n[nH]c1=O. The minimum absolute atomic E-state index is 0.0423. The number of aromatic amines is 1. The maximum Gasteiger partial charge on any atom is 0.343 e. The molecule has 3 N–H and O–H groups in total. The summed E-state index contributed by atoms with van der Waals surface area (Å²) >= 11 is 1.36. The lowest BCUT2D eigenvalue weighted by Crippen LogP contribution is -2.17. The Labute approximate surface area is 115 Å². The summed E-state index contributed by atoms with van der Waals surface area (Å²) in [5.41, 5.74) is 6.67. The minimum Gasteiger partial charge on any atom is -0.324 e. The molecule has 102 valence electrons. The van der Waals surface area contributed by atoms with Crippen LogP contribution >= 0.6 is 11.8 Å². The van der Waals surface area contributed by atoms with E-state index in [0.717, 1.165) is 17.0 Å². The van der Waals surface area contributed by atoms with E-state index in [1.807, 2.05) is 26.0 Å². The molecule has 0 spiro atoms. The van der Waals surface area contributed by atoms with Crippen LogP contribution in [0, 0.1) is 0 Å². The molecule has 0 fully saturated rings. The molecule has 19 heavy (non-hydrogen) atoms. The molecule has 0 bridgehead atoms. The number of nitrogens with zero attached hydrogens (tertiary/aromatic N) is 3. The monoisotopic (exact) mass is 279 g/mol. The topological polar surface area (TPSA) is 89.6 Å². The van der Waals surface area contributed by atoms with Gasteiger partial charge in [0, 0.05) is 18.8 Å². The Hall–Kier alpha value is -1.60. The Kier molecular flexibility index (Phi) is 4.39. The lowest BCUT2D eigenvalue weighted by Gasteiger charge is -2.07. The minimum atomic E-state index is -0.187. The molecule has 0 amide bonds. The first kappa shape index (κ1) is 13.8. The highest BCUT2D eigenvalue weighted by molar-refractivity contribution is 7.99. The van der Waals surface area contributed by atoms with Gasteiger partial charge in [-0.25, -0.2) is 14.9 Å². The van der Waals surface area contributed by atoms with E-state index in [1.165, 1.54) is 11.8 Å². The van der Waals surface area contributed by atoms with Crippen molar-refractivity contribution in [3.8, 4) is 0 Å². The summed E-state index contributed by atoms with van der Waals surface area (Å²) in [6, 6.07) is 3.77. The Morgan fingerprint density at radius 1 is 1.58 bits per heavy atom. The molecule has 1 atom stereocenters. The molecule has 2 aromatic heterocycles. The van der Waals surface area contributed by atoms with Crippen LogP contribution in [0.3, 0.4) is 0 Å². The first-order chi connectivity index (χ1) is 9.11. The van der Waals surface area contributed by atoms with Crippen molar-refractivity contribution in [1.82, 2.24) is 19.7 Å². The summed E-state index contributed by atoms with van der Waals surface area (Å²) < 4.78 is 1.62. The highest BCUT2D eigenvalue weighted by Gasteiger charge is 2.11. The highest BCUT2D eigenvalue weighted by Crippen LogP contribution is 2.24. The van der Waals surface area contributed by atoms with E-state index in [9.17, 15) is 4.79 Å². The number of hydrogen-bond acceptors (Lipinski definition) is 5. The van der Waals surface area contributed by atoms with Crippen LogP contribution in [-0.2, 0) is 6.54 Å². The van der Waals surface area contributed by atoms with E-state index in [-0.39, 0.29) is 11.7 Å². The van der Waals surface area contributed by atoms with Crippen molar-refractivity contribution in [1.29, 1.82) is 0 Å². The highest BCUT2D eigenvalue weighted by atomic mass is 32.2. The van der Waals surface area contributed by atoms with Crippen molar-refractivity contribution >= 4 is 11.8 Å². The second-order valence-electron chi connectivity index (χ2n) is 4.28. The van der Waals surface area contributed by atoms with Crippen molar-refractivity contribution in [2.45, 2.75) is 43.0 Å². The first-order valence-corrected chi connectivity index (χ1v) is 6.98. The predicted octanol–water partition coefficient (Wildman–Crippen LogP) is 1.55. The number of nitrogens with two attached hydrogens (primary N) is 1. The van der Waals surface area contributed by atoms with Crippen molar-refractivity contribution in [3.05, 3.63) is 34.4 Å². The van der Waals surface area contributed by atoms with Gasteiger partial charge in [0.1, 0.15) is 5.03 Å². The largest absolute Gasteiger partial charge is 0.343 e. The maximum atomic E-state index is 11.6. The van der Waals surface area contributed by atoms with Crippen LogP contribution in [0.1, 0.15) is 31.9 Å². The Balaban J connectivity index is 2.26. The average molecular weight is 279 g/mol. The number of hydrogen-bond donors (Lipinski definition) is 2. The molecule has 0 saturated carbocycles. The van der Waals surface area contributed by atoms with Gasteiger partial charge in [0.25, 0.3) is 0 Å². The van der Waals surface area contributed by atoms with Gasteiger partial charge in [0.2, 0.25) is 0 Å². The fourth-order valence-electron chi connectivity index (χ4n) is 1.66. The Morgan fingerprint density at radius 2 is 2.37 bits per heavy atom. The molecular formula is C12H17N5OS. The van der Waals surface area contributed by atoms with Crippen LogP contribution in [0.4, 0.5) is 0 Å². The summed E-state index contributed by atoms with van der Waals surface area (Å²) in [7, 11) is 0. The summed E-state index contributed by atoms with van der Waals surface area (Å²) in [5.74, 6) is 0. The molecule has 0 radical (unpaired) electrons. The van der Waals surface area contributed by atoms with E-state index in [1.54, 1.807) is 10.8 Å². The molecule has 0 aromatic carbocycles. The van der Waals surface area contributed by atoms with E-state index in [2.05, 4.69) is 15.2 Å². The molecule has 0 saturated heterocycles. The van der Waals surface area contributed by atoms with Gasteiger partial charge in [0.15, 0.2) is 5.16 Å². The van der Waals surface area contributed by atoms with Crippen molar-refractivity contribution in [2.75, 3.05) is 0 Å². The molecule has 0 aliphatic carbocycles. The average Bonchev–Trinajstić information content (AvgIpc) is 2.72. The van der Waals surface area contributed by atoms with Gasteiger partial charge < -0.3 is 5.73 Å². The van der Waals surface area contributed by atoms with Crippen LogP contribution in [0.5, 0.6) is 0 Å². The lowest BCUT2D eigenvalue weighted by molar-refractivity contribution is 0.603. The number of rotatable bonds is 5. The van der Waals surface area contributed by atoms with E-state index < -0.39 is 0 Å². The van der Waals surface area contributed by atoms with Gasteiger partial charge in [-0.1, -0.05) is 6.92 Å². The lowest BCUT2D eigenvalue weighted by atomic mass is 10.1. The van der Waals surface area contributed by atoms with Gasteiger partial charge >= 0.3 is 5.69 Å². The Bertz CT molecular complexity index is 604. The van der Waals surface area contributed by atoms with E-state index in [0.29, 0.717) is 11.7 Å². The van der Waals surface area contributed by atoms with Gasteiger partial charge in [-0.2, -0.15) is 0 Å². The number of nitrogens with one attached hydrogen (secondary N) is 1. The smallest absolute Gasteiger partial charge is 0.324 e. The van der Waals surface area contributed by atoms with Gasteiger partial charge in [-0.3, -0.25) is 4.57 Å². The van der Waals surface area contributed by atoms with Gasteiger partial charge in [-0.15, -0.1) is 5.10 Å². The molecule has 6 nitrogen and oxygen atoms in total. The molecular weight excluding hydrogens is 262 g/mol. The zero-order valence-corrected chi connectivity index (χ0v) is 11.8. The first-order valence-electron chi connectivity index (χ1n) is 6.16. The molecule has 2 rings (SSSR count). The summed E-state index contributed by atoms with van der Waals surface area (Å²) in [5, 5.41) is 7.89. The molecule has 2 aromatic rings. The van der Waals surface area contributed by atoms with Crippen molar-refractivity contribution < 1.29 is 0 Å². The normalized spacial score (nSPS) is 12.6. The third-order valence-corrected chi connectivity index (χ3v) is 3.58. The third-order valence-electron chi connectivity index (χ3n) is 2.65. The molecule has 0 aliphatic rings. The van der Waals surface area contributed by atoms with E-state index in [4.69, 9.17) is 5.73 Å². The quantitative estimate of drug-likeness (QED) is 0.866. The van der Waals surface area contributed by atoms with Crippen LogP contribution in [0.15, 0.2) is 33.3 Å². The fraction of sp³-hybridized carbons (Fsp3) is 0.417. The zero-order valence-electron chi connectivity index (χ0n) is 11.0. The van der Waals surface area contributed by atoms with Gasteiger partial charge in [0.05, 0.1) is 0 Å². The van der Waals surface area contributed by atoms with Crippen LogP contribution in [0.25, 0.3) is 0 Å². The predicted molar refractivity (Wildman–Crippen MR) is 74.1 cm³/mol. The van der Waals surface area contributed by atoms with Crippen LogP contribution in [-0.4, -0.2) is 19.7 Å². The Morgan fingerprint density at radius 3 is 3.05 bits per heavy atom. The standard InChI is InChI=1S/C12H17N5OS/c1-3-6-17-11(18)15-16-12(17)19-10-7-9(8(2)13)4-5-14-10/h4-5,7-8H,3,6,13H2,1-2H3,(H,15,18).